The molecule has 9 rings (SSSR count). The molecule has 0 spiro atoms. The van der Waals surface area contributed by atoms with Crippen molar-refractivity contribution in [2.45, 2.75) is 152 Å². The van der Waals surface area contributed by atoms with Gasteiger partial charge in [0.25, 0.3) is 0 Å². The van der Waals surface area contributed by atoms with Crippen LogP contribution in [0.3, 0.4) is 0 Å². The number of hydrogen-bond donors (Lipinski definition) is 8. The SMILES string of the molecule is C1CCC2C3NC(NC4NC(NC5NC(NC6NC(N3)C3CCCCC63)C3CCCCC53)C3CCCCC43)C2C1.[O]=[Cr]. The number of hydrogen-bond acceptors (Lipinski definition) is 9. The summed E-state index contributed by atoms with van der Waals surface area (Å²) in [5.41, 5.74) is 0. The molecule has 0 aromatic heterocycles. The third-order valence-corrected chi connectivity index (χ3v) is 13.8. The second-order valence-electron chi connectivity index (χ2n) is 15.6. The molecule has 8 atom stereocenters. The third kappa shape index (κ3) is 5.22. The molecule has 10 heteroatoms. The number of nitrogens with one attached hydrogen (secondary N) is 8. The van der Waals surface area contributed by atoms with Gasteiger partial charge in [-0.3, -0.25) is 42.5 Å². The van der Waals surface area contributed by atoms with Crippen LogP contribution in [0.4, 0.5) is 0 Å². The Morgan fingerprint density at radius 3 is 0.500 bits per heavy atom. The van der Waals surface area contributed by atoms with Gasteiger partial charge in [0.15, 0.2) is 0 Å². The van der Waals surface area contributed by atoms with Crippen LogP contribution in [-0.4, -0.2) is 49.3 Å². The molecule has 9 nitrogen and oxygen atoms in total. The first kappa shape index (κ1) is 29.4. The Morgan fingerprint density at radius 2 is 0.381 bits per heavy atom. The summed E-state index contributed by atoms with van der Waals surface area (Å²) in [5.74, 6) is 5.97. The van der Waals surface area contributed by atoms with Crippen molar-refractivity contribution in [1.82, 2.24) is 42.5 Å². The molecule has 4 saturated carbocycles. The van der Waals surface area contributed by atoms with Gasteiger partial charge in [-0.25, -0.2) is 0 Å². The minimum atomic E-state index is 0.420. The van der Waals surface area contributed by atoms with Crippen LogP contribution in [0, 0.1) is 47.3 Å². The van der Waals surface area contributed by atoms with Crippen molar-refractivity contribution in [3.63, 3.8) is 0 Å². The Balaban J connectivity index is 0.00000131. The quantitative estimate of drug-likeness (QED) is 0.207. The van der Waals surface area contributed by atoms with Gasteiger partial charge >= 0.3 is 20.0 Å². The fourth-order valence-electron chi connectivity index (χ4n) is 12.0. The van der Waals surface area contributed by atoms with Gasteiger partial charge in [0.05, 0.1) is 49.3 Å². The predicted octanol–water partition coefficient (Wildman–Crippen LogP) is 2.48. The second kappa shape index (κ2) is 12.7. The summed E-state index contributed by atoms with van der Waals surface area (Å²) in [6.07, 6.45) is 25.6. The van der Waals surface area contributed by atoms with E-state index in [4.69, 9.17) is 3.80 Å². The topological polar surface area (TPSA) is 113 Å². The molecule has 9 fully saturated rings. The van der Waals surface area contributed by atoms with E-state index in [2.05, 4.69) is 42.5 Å². The molecule has 0 radical (unpaired) electrons. The van der Waals surface area contributed by atoms with E-state index in [1.54, 1.807) is 0 Å². The molecule has 42 heavy (non-hydrogen) atoms. The summed E-state index contributed by atoms with van der Waals surface area (Å²) >= 11 is 1.38. The predicted molar refractivity (Wildman–Crippen MR) is 158 cm³/mol. The Bertz CT molecular complexity index is 738. The Morgan fingerprint density at radius 1 is 0.262 bits per heavy atom. The van der Waals surface area contributed by atoms with Crippen LogP contribution in [-0.2, 0) is 20.0 Å². The van der Waals surface area contributed by atoms with Crippen LogP contribution < -0.4 is 42.5 Å². The Kier molecular flexibility index (Phi) is 8.87. The van der Waals surface area contributed by atoms with Gasteiger partial charge in [0.2, 0.25) is 0 Å². The van der Waals surface area contributed by atoms with Gasteiger partial charge in [-0.2, -0.15) is 0 Å². The summed E-state index contributed by atoms with van der Waals surface area (Å²) in [6.45, 7) is 0. The zero-order chi connectivity index (χ0) is 28.2. The second-order valence-corrected chi connectivity index (χ2v) is 15.6. The van der Waals surface area contributed by atoms with E-state index in [9.17, 15) is 0 Å². The summed E-state index contributed by atoms with van der Waals surface area (Å²) in [4.78, 5) is 0. The van der Waals surface area contributed by atoms with Crippen molar-refractivity contribution >= 4 is 0 Å². The van der Waals surface area contributed by atoms with E-state index in [1.807, 2.05) is 0 Å². The summed E-state index contributed by atoms with van der Waals surface area (Å²) in [6, 6.07) is 0. The molecule has 0 aromatic rings. The molecule has 236 valence electrons. The summed E-state index contributed by atoms with van der Waals surface area (Å²) < 4.78 is 8.12. The van der Waals surface area contributed by atoms with Crippen molar-refractivity contribution in [2.24, 2.45) is 47.3 Å². The first-order chi connectivity index (χ1) is 20.8. The van der Waals surface area contributed by atoms with Crippen LogP contribution in [0.1, 0.15) is 103 Å². The van der Waals surface area contributed by atoms with Crippen molar-refractivity contribution in [3.8, 4) is 0 Å². The molecule has 8 bridgehead atoms. The third-order valence-electron chi connectivity index (χ3n) is 13.8. The molecule has 8 N–H and O–H groups in total. The molecule has 8 unspecified atom stereocenters. The number of fused-ring (bicyclic) bond motifs is 20. The molecule has 9 aliphatic rings. The zero-order valence-corrected chi connectivity index (χ0v) is 26.6. The molecule has 0 amide bonds. The molecule has 4 aliphatic carbocycles. The average Bonchev–Trinajstić information content (AvgIpc) is 3.78. The zero-order valence-electron chi connectivity index (χ0n) is 25.4. The van der Waals surface area contributed by atoms with Gasteiger partial charge < -0.3 is 0 Å². The van der Waals surface area contributed by atoms with E-state index in [0.29, 0.717) is 49.3 Å². The monoisotopic (exact) mass is 620 g/mol. The Hall–Kier alpha value is 0.0125. The maximum absolute atomic E-state index is 8.12. The Labute approximate surface area is 261 Å². The fourth-order valence-corrected chi connectivity index (χ4v) is 12.0. The van der Waals surface area contributed by atoms with Crippen LogP contribution in [0.15, 0.2) is 0 Å². The first-order valence-corrected chi connectivity index (χ1v) is 18.6. The summed E-state index contributed by atoms with van der Waals surface area (Å²) in [7, 11) is 0. The minimum absolute atomic E-state index is 0.420. The van der Waals surface area contributed by atoms with Crippen LogP contribution >= 0.6 is 0 Å². The van der Waals surface area contributed by atoms with E-state index in [-0.39, 0.29) is 0 Å². The van der Waals surface area contributed by atoms with Crippen molar-refractivity contribution in [1.29, 1.82) is 0 Å². The van der Waals surface area contributed by atoms with Crippen LogP contribution in [0.25, 0.3) is 0 Å². The van der Waals surface area contributed by atoms with Crippen LogP contribution in [0.5, 0.6) is 0 Å². The van der Waals surface area contributed by atoms with Crippen molar-refractivity contribution < 1.29 is 20.0 Å². The maximum atomic E-state index is 8.12. The van der Waals surface area contributed by atoms with Gasteiger partial charge in [-0.05, 0) is 98.7 Å². The van der Waals surface area contributed by atoms with Crippen molar-refractivity contribution in [3.05, 3.63) is 0 Å². The normalized spacial score (nSPS) is 55.0. The van der Waals surface area contributed by atoms with Crippen molar-refractivity contribution in [2.75, 3.05) is 0 Å². The molecular formula is C32H56CrN8O. The van der Waals surface area contributed by atoms with Gasteiger partial charge in [0, 0.05) is 0 Å². The van der Waals surface area contributed by atoms with E-state index < -0.39 is 0 Å². The molecule has 5 heterocycles. The number of rotatable bonds is 0. The summed E-state index contributed by atoms with van der Waals surface area (Å²) in [5, 5.41) is 33.8. The average molecular weight is 621 g/mol. The molecule has 5 aliphatic heterocycles. The fraction of sp³-hybridized carbons (Fsp3) is 1.00. The molecule has 0 aromatic carbocycles. The van der Waals surface area contributed by atoms with Crippen LogP contribution in [0.2, 0.25) is 0 Å². The van der Waals surface area contributed by atoms with Gasteiger partial charge in [0.1, 0.15) is 0 Å². The van der Waals surface area contributed by atoms with E-state index >= 15 is 0 Å². The van der Waals surface area contributed by atoms with Gasteiger partial charge in [-0.15, -0.1) is 0 Å². The molecular weight excluding hydrogens is 564 g/mol. The molecule has 5 saturated heterocycles. The standard InChI is InChI=1S/C32H56N8.Cr.O/c1-2-10-18-17(9-1)25-33-26(18)38-28-21-13-5-6-14-22(21)30(35-28)40-32-24-16-8-7-15-23(24)31(36-32)39-29-20-12-4-3-11-19(20)27(34-29)37-25;;/h17-40H,1-16H2;;. The van der Waals surface area contributed by atoms with E-state index in [0.717, 1.165) is 47.3 Å². The van der Waals surface area contributed by atoms with Gasteiger partial charge in [-0.1, -0.05) is 51.4 Å². The van der Waals surface area contributed by atoms with E-state index in [1.165, 1.54) is 119 Å². The first-order valence-electron chi connectivity index (χ1n) is 18.1.